The summed E-state index contributed by atoms with van der Waals surface area (Å²) in [5.41, 5.74) is 1.49. The number of thiazole rings is 1. The molecule has 3 atom stereocenters. The molecule has 4 rings (SSSR count). The van der Waals surface area contributed by atoms with Crippen LogP contribution in [0.4, 0.5) is 0 Å². The average Bonchev–Trinajstić information content (AvgIpc) is 3.21. The normalized spacial score (nSPS) is 27.1. The molecule has 0 aromatic carbocycles. The van der Waals surface area contributed by atoms with Crippen molar-refractivity contribution in [3.8, 4) is 0 Å². The van der Waals surface area contributed by atoms with Gasteiger partial charge < -0.3 is 9.64 Å². The fourth-order valence-electron chi connectivity index (χ4n) is 3.19. The van der Waals surface area contributed by atoms with Gasteiger partial charge in [0.1, 0.15) is 23.1 Å². The highest BCUT2D eigenvalue weighted by molar-refractivity contribution is 7.09. The Morgan fingerprint density at radius 3 is 3.05 bits per heavy atom. The quantitative estimate of drug-likeness (QED) is 0.846. The van der Waals surface area contributed by atoms with Crippen LogP contribution in [-0.2, 0) is 4.74 Å². The maximum atomic E-state index is 12.4. The largest absolute Gasteiger partial charge is 0.366 e. The number of carbonyl (C=O) groups excluding carboxylic acids is 1. The molecule has 0 N–H and O–H groups in total. The van der Waals surface area contributed by atoms with Crippen molar-refractivity contribution in [3.05, 3.63) is 40.4 Å². The predicted octanol–water partition coefficient (Wildman–Crippen LogP) is 1.84. The average molecular weight is 316 g/mol. The van der Waals surface area contributed by atoms with Crippen LogP contribution in [0.1, 0.15) is 33.7 Å². The molecule has 2 saturated heterocycles. The van der Waals surface area contributed by atoms with Gasteiger partial charge in [0, 0.05) is 36.3 Å². The Morgan fingerprint density at radius 1 is 1.45 bits per heavy atom. The number of aryl methyl sites for hydroxylation is 1. The van der Waals surface area contributed by atoms with Crippen molar-refractivity contribution in [3.63, 3.8) is 0 Å². The fourth-order valence-corrected chi connectivity index (χ4v) is 4.03. The predicted molar refractivity (Wildman–Crippen MR) is 80.5 cm³/mol. The van der Waals surface area contributed by atoms with Crippen molar-refractivity contribution in [1.82, 2.24) is 19.9 Å². The molecule has 7 heteroatoms. The SMILES string of the molecule is Cc1csc([C@@H]2C[C@H]3CN(C(=O)c4ccncn4)C[C@H]3O2)n1. The molecule has 0 unspecified atom stereocenters. The lowest BCUT2D eigenvalue weighted by molar-refractivity contribution is 0.0352. The lowest BCUT2D eigenvalue weighted by Gasteiger charge is -2.18. The summed E-state index contributed by atoms with van der Waals surface area (Å²) in [4.78, 5) is 26.6. The number of hydrogen-bond donors (Lipinski definition) is 0. The molecule has 2 fully saturated rings. The van der Waals surface area contributed by atoms with Crippen molar-refractivity contribution in [1.29, 1.82) is 0 Å². The van der Waals surface area contributed by atoms with Crippen molar-refractivity contribution < 1.29 is 9.53 Å². The van der Waals surface area contributed by atoms with E-state index in [9.17, 15) is 4.79 Å². The van der Waals surface area contributed by atoms with E-state index in [1.54, 1.807) is 23.6 Å². The van der Waals surface area contributed by atoms with Crippen molar-refractivity contribution in [2.45, 2.75) is 25.6 Å². The molecule has 0 spiro atoms. The van der Waals surface area contributed by atoms with Gasteiger partial charge in [-0.05, 0) is 19.4 Å². The first-order valence-electron chi connectivity index (χ1n) is 7.33. The number of fused-ring (bicyclic) bond motifs is 1. The molecule has 6 nitrogen and oxygen atoms in total. The molecule has 0 bridgehead atoms. The van der Waals surface area contributed by atoms with E-state index in [2.05, 4.69) is 20.3 Å². The van der Waals surface area contributed by atoms with Crippen LogP contribution >= 0.6 is 11.3 Å². The Hall–Kier alpha value is -1.86. The number of hydrogen-bond acceptors (Lipinski definition) is 6. The number of amides is 1. The van der Waals surface area contributed by atoms with Gasteiger partial charge in [0.05, 0.1) is 6.10 Å². The zero-order valence-corrected chi connectivity index (χ0v) is 13.0. The number of nitrogens with zero attached hydrogens (tertiary/aromatic N) is 4. The molecule has 1 amide bonds. The second-order valence-electron chi connectivity index (χ2n) is 5.79. The summed E-state index contributed by atoms with van der Waals surface area (Å²) < 4.78 is 6.12. The molecule has 2 aliphatic heterocycles. The third-order valence-electron chi connectivity index (χ3n) is 4.24. The van der Waals surface area contributed by atoms with Crippen LogP contribution in [0, 0.1) is 12.8 Å². The number of likely N-dealkylation sites (tertiary alicyclic amines) is 1. The molecule has 2 aromatic rings. The minimum absolute atomic E-state index is 0.0398. The van der Waals surface area contributed by atoms with Gasteiger partial charge in [-0.1, -0.05) is 0 Å². The van der Waals surface area contributed by atoms with Gasteiger partial charge in [-0.15, -0.1) is 11.3 Å². The summed E-state index contributed by atoms with van der Waals surface area (Å²) in [5, 5.41) is 3.11. The minimum Gasteiger partial charge on any atom is -0.366 e. The summed E-state index contributed by atoms with van der Waals surface area (Å²) >= 11 is 1.66. The Kier molecular flexibility index (Phi) is 3.38. The monoisotopic (exact) mass is 316 g/mol. The maximum absolute atomic E-state index is 12.4. The number of aromatic nitrogens is 3. The van der Waals surface area contributed by atoms with E-state index in [0.717, 1.165) is 23.7 Å². The Balaban J connectivity index is 1.42. The molecule has 22 heavy (non-hydrogen) atoms. The van der Waals surface area contributed by atoms with E-state index in [0.29, 0.717) is 18.2 Å². The van der Waals surface area contributed by atoms with Crippen LogP contribution in [0.15, 0.2) is 24.0 Å². The molecule has 0 radical (unpaired) electrons. The number of ether oxygens (including phenoxy) is 1. The van der Waals surface area contributed by atoms with E-state index in [-0.39, 0.29) is 18.1 Å². The van der Waals surface area contributed by atoms with E-state index in [1.807, 2.05) is 11.8 Å². The summed E-state index contributed by atoms with van der Waals surface area (Å²) in [6.45, 7) is 3.36. The van der Waals surface area contributed by atoms with Crippen LogP contribution < -0.4 is 0 Å². The summed E-state index contributed by atoms with van der Waals surface area (Å²) in [7, 11) is 0. The van der Waals surface area contributed by atoms with Gasteiger partial charge in [-0.2, -0.15) is 0 Å². The highest BCUT2D eigenvalue weighted by atomic mass is 32.1. The molecule has 4 heterocycles. The van der Waals surface area contributed by atoms with Gasteiger partial charge in [0.15, 0.2) is 0 Å². The highest BCUT2D eigenvalue weighted by Crippen LogP contribution is 2.41. The van der Waals surface area contributed by atoms with Gasteiger partial charge >= 0.3 is 0 Å². The van der Waals surface area contributed by atoms with Crippen LogP contribution in [0.2, 0.25) is 0 Å². The topological polar surface area (TPSA) is 68.2 Å². The van der Waals surface area contributed by atoms with E-state index >= 15 is 0 Å². The van der Waals surface area contributed by atoms with Gasteiger partial charge in [-0.3, -0.25) is 4.79 Å². The van der Waals surface area contributed by atoms with Crippen LogP contribution in [0.25, 0.3) is 0 Å². The number of carbonyl (C=O) groups is 1. The summed E-state index contributed by atoms with van der Waals surface area (Å²) in [5.74, 6) is 0.349. The van der Waals surface area contributed by atoms with Crippen molar-refractivity contribution in [2.75, 3.05) is 13.1 Å². The van der Waals surface area contributed by atoms with Crippen LogP contribution in [0.5, 0.6) is 0 Å². The second-order valence-corrected chi connectivity index (χ2v) is 6.68. The molecule has 114 valence electrons. The van der Waals surface area contributed by atoms with E-state index in [1.165, 1.54) is 6.33 Å². The van der Waals surface area contributed by atoms with E-state index in [4.69, 9.17) is 4.74 Å². The Morgan fingerprint density at radius 2 is 2.36 bits per heavy atom. The Bertz CT molecular complexity index is 676. The molecular formula is C15H16N4O2S. The third-order valence-corrected chi connectivity index (χ3v) is 5.29. The maximum Gasteiger partial charge on any atom is 0.272 e. The van der Waals surface area contributed by atoms with E-state index < -0.39 is 0 Å². The van der Waals surface area contributed by atoms with Crippen LogP contribution in [-0.4, -0.2) is 45.0 Å². The standard InChI is InChI=1S/C15H16N4O2S/c1-9-7-22-14(18-9)12-4-10-5-19(6-13(10)21-12)15(20)11-2-3-16-8-17-11/h2-3,7-8,10,12-13H,4-6H2,1H3/t10-,12-,13+/m0/s1. The summed E-state index contributed by atoms with van der Waals surface area (Å²) in [6.07, 6.45) is 4.13. The molecular weight excluding hydrogens is 300 g/mol. The third kappa shape index (κ3) is 2.40. The van der Waals surface area contributed by atoms with Crippen molar-refractivity contribution in [2.24, 2.45) is 5.92 Å². The van der Waals surface area contributed by atoms with Crippen molar-refractivity contribution >= 4 is 17.2 Å². The summed E-state index contributed by atoms with van der Waals surface area (Å²) in [6, 6.07) is 1.65. The zero-order valence-electron chi connectivity index (χ0n) is 12.2. The molecule has 0 aliphatic carbocycles. The first kappa shape index (κ1) is 13.8. The number of rotatable bonds is 2. The molecule has 0 saturated carbocycles. The highest BCUT2D eigenvalue weighted by Gasteiger charge is 2.44. The van der Waals surface area contributed by atoms with Crippen LogP contribution in [0.3, 0.4) is 0 Å². The smallest absolute Gasteiger partial charge is 0.272 e. The van der Waals surface area contributed by atoms with Gasteiger partial charge in [0.2, 0.25) is 0 Å². The first-order chi connectivity index (χ1) is 10.7. The molecule has 2 aromatic heterocycles. The van der Waals surface area contributed by atoms with Gasteiger partial charge in [-0.25, -0.2) is 15.0 Å². The van der Waals surface area contributed by atoms with Gasteiger partial charge in [0.25, 0.3) is 5.91 Å². The lowest BCUT2D eigenvalue weighted by Crippen LogP contribution is -2.31. The molecule has 2 aliphatic rings. The Labute approximate surface area is 132 Å². The first-order valence-corrected chi connectivity index (χ1v) is 8.21. The fraction of sp³-hybridized carbons (Fsp3) is 0.467. The lowest BCUT2D eigenvalue weighted by atomic mass is 10.0. The zero-order chi connectivity index (χ0) is 15.1. The minimum atomic E-state index is -0.0398. The second kappa shape index (κ2) is 5.40.